The molecular weight excluding hydrogens is 286 g/mol. The minimum absolute atomic E-state index is 0.524. The van der Waals surface area contributed by atoms with Crippen molar-refractivity contribution in [3.05, 3.63) is 40.9 Å². The van der Waals surface area contributed by atoms with E-state index in [2.05, 4.69) is 30.4 Å². The Morgan fingerprint density at radius 3 is 2.70 bits per heavy atom. The molecule has 0 saturated heterocycles. The zero-order valence-corrected chi connectivity index (χ0v) is 13.8. The Morgan fingerprint density at radius 2 is 2.05 bits per heavy atom. The average Bonchev–Trinajstić information content (AvgIpc) is 2.50. The number of nitrogens with one attached hydrogen (secondary N) is 1. The molecule has 1 aromatic carbocycles. The third kappa shape index (κ3) is 5.16. The Labute approximate surface area is 132 Å². The van der Waals surface area contributed by atoms with Gasteiger partial charge in [-0.15, -0.1) is 11.8 Å². The van der Waals surface area contributed by atoms with Gasteiger partial charge in [0.15, 0.2) is 0 Å². The van der Waals surface area contributed by atoms with Crippen molar-refractivity contribution >= 4 is 23.4 Å². The summed E-state index contributed by atoms with van der Waals surface area (Å²) < 4.78 is 0. The summed E-state index contributed by atoms with van der Waals surface area (Å²) in [5.41, 5.74) is 1.62. The molecule has 3 heteroatoms. The van der Waals surface area contributed by atoms with E-state index in [0.717, 1.165) is 17.3 Å². The monoisotopic (exact) mass is 309 g/mol. The molecule has 1 atom stereocenters. The van der Waals surface area contributed by atoms with Crippen LogP contribution >= 0.6 is 23.4 Å². The van der Waals surface area contributed by atoms with Crippen molar-refractivity contribution < 1.29 is 0 Å². The van der Waals surface area contributed by atoms with E-state index in [9.17, 15) is 0 Å². The van der Waals surface area contributed by atoms with Crippen LogP contribution in [0.1, 0.15) is 39.0 Å². The van der Waals surface area contributed by atoms with Gasteiger partial charge in [-0.25, -0.2) is 0 Å². The molecule has 1 aromatic rings. The summed E-state index contributed by atoms with van der Waals surface area (Å²) in [7, 11) is 0. The Bertz CT molecular complexity index is 427. The van der Waals surface area contributed by atoms with Crippen molar-refractivity contribution in [2.24, 2.45) is 0 Å². The molecule has 0 saturated carbocycles. The molecule has 0 heterocycles. The van der Waals surface area contributed by atoms with Crippen LogP contribution in [0.15, 0.2) is 40.8 Å². The molecule has 1 aliphatic rings. The summed E-state index contributed by atoms with van der Waals surface area (Å²) in [4.78, 5) is 1.30. The van der Waals surface area contributed by atoms with E-state index in [-0.39, 0.29) is 0 Å². The zero-order chi connectivity index (χ0) is 14.2. The maximum atomic E-state index is 5.93. The molecule has 1 aliphatic carbocycles. The highest BCUT2D eigenvalue weighted by atomic mass is 35.5. The molecule has 0 radical (unpaired) electrons. The smallest absolute Gasteiger partial charge is 0.0406 e. The van der Waals surface area contributed by atoms with Crippen LogP contribution in [-0.2, 0) is 0 Å². The molecule has 0 spiro atoms. The Morgan fingerprint density at radius 1 is 1.25 bits per heavy atom. The first kappa shape index (κ1) is 15.9. The van der Waals surface area contributed by atoms with Gasteiger partial charge in [-0.05, 0) is 62.9 Å². The molecule has 0 bridgehead atoms. The molecule has 1 nitrogen and oxygen atoms in total. The lowest BCUT2D eigenvalue weighted by atomic mass is 9.94. The van der Waals surface area contributed by atoms with E-state index in [0.29, 0.717) is 6.04 Å². The standard InChI is InChI=1S/C17H24ClNS/c1-2-12-19-17(14-6-4-3-5-7-14)13-20-16-10-8-15(18)9-11-16/h6,8-11,17,19H,2-5,7,12-13H2,1H3. The van der Waals surface area contributed by atoms with Gasteiger partial charge in [0, 0.05) is 21.7 Å². The number of thioether (sulfide) groups is 1. The zero-order valence-electron chi connectivity index (χ0n) is 12.2. The van der Waals surface area contributed by atoms with Crippen molar-refractivity contribution in [2.45, 2.75) is 50.0 Å². The first-order valence-corrected chi connectivity index (χ1v) is 8.96. The number of benzene rings is 1. The van der Waals surface area contributed by atoms with Gasteiger partial charge in [0.05, 0.1) is 0 Å². The Balaban J connectivity index is 1.92. The Hall–Kier alpha value is -0.440. The number of allylic oxidation sites excluding steroid dienone is 1. The average molecular weight is 310 g/mol. The van der Waals surface area contributed by atoms with Crippen LogP contribution in [0, 0.1) is 0 Å². The van der Waals surface area contributed by atoms with Crippen LogP contribution in [0.25, 0.3) is 0 Å². The number of rotatable bonds is 7. The predicted octanol–water partition coefficient (Wildman–Crippen LogP) is 5.30. The topological polar surface area (TPSA) is 12.0 Å². The van der Waals surface area contributed by atoms with E-state index in [4.69, 9.17) is 11.6 Å². The van der Waals surface area contributed by atoms with Gasteiger partial charge in [-0.2, -0.15) is 0 Å². The normalized spacial score (nSPS) is 16.8. The van der Waals surface area contributed by atoms with Crippen molar-refractivity contribution in [3.8, 4) is 0 Å². The molecule has 0 fully saturated rings. The summed E-state index contributed by atoms with van der Waals surface area (Å²) in [6, 6.07) is 8.69. The van der Waals surface area contributed by atoms with Gasteiger partial charge in [0.25, 0.3) is 0 Å². The second kappa shape index (κ2) is 8.76. The molecule has 2 rings (SSSR count). The molecule has 1 unspecified atom stereocenters. The number of hydrogen-bond acceptors (Lipinski definition) is 2. The van der Waals surface area contributed by atoms with Crippen molar-refractivity contribution in [2.75, 3.05) is 12.3 Å². The van der Waals surface area contributed by atoms with Crippen LogP contribution < -0.4 is 5.32 Å². The fourth-order valence-corrected chi connectivity index (χ4v) is 3.65. The van der Waals surface area contributed by atoms with Crippen LogP contribution in [-0.4, -0.2) is 18.3 Å². The highest BCUT2D eigenvalue weighted by Crippen LogP contribution is 2.26. The number of halogens is 1. The summed E-state index contributed by atoms with van der Waals surface area (Å²) in [5.74, 6) is 1.10. The van der Waals surface area contributed by atoms with E-state index < -0.39 is 0 Å². The summed E-state index contributed by atoms with van der Waals surface area (Å²) >= 11 is 7.85. The molecule has 110 valence electrons. The summed E-state index contributed by atoms with van der Waals surface area (Å²) in [6.07, 6.45) is 8.87. The van der Waals surface area contributed by atoms with Crippen LogP contribution in [0.3, 0.4) is 0 Å². The molecular formula is C17H24ClNS. The van der Waals surface area contributed by atoms with Crippen molar-refractivity contribution in [1.29, 1.82) is 0 Å². The van der Waals surface area contributed by atoms with Crippen LogP contribution in [0.2, 0.25) is 5.02 Å². The minimum Gasteiger partial charge on any atom is -0.310 e. The minimum atomic E-state index is 0.524. The van der Waals surface area contributed by atoms with Crippen molar-refractivity contribution in [3.63, 3.8) is 0 Å². The molecule has 0 aliphatic heterocycles. The van der Waals surface area contributed by atoms with Gasteiger partial charge >= 0.3 is 0 Å². The predicted molar refractivity (Wildman–Crippen MR) is 90.8 cm³/mol. The lowest BCUT2D eigenvalue weighted by Crippen LogP contribution is -2.34. The van der Waals surface area contributed by atoms with Gasteiger partial charge in [-0.1, -0.05) is 30.2 Å². The quantitative estimate of drug-likeness (QED) is 0.542. The maximum absolute atomic E-state index is 5.93. The van der Waals surface area contributed by atoms with Crippen molar-refractivity contribution in [1.82, 2.24) is 5.32 Å². The first-order valence-electron chi connectivity index (χ1n) is 7.60. The van der Waals surface area contributed by atoms with Gasteiger partial charge < -0.3 is 5.32 Å². The lowest BCUT2D eigenvalue weighted by Gasteiger charge is -2.24. The SMILES string of the molecule is CCCNC(CSc1ccc(Cl)cc1)C1=CCCCC1. The second-order valence-electron chi connectivity index (χ2n) is 5.30. The van der Waals surface area contributed by atoms with Crippen LogP contribution in [0.5, 0.6) is 0 Å². The van der Waals surface area contributed by atoms with Crippen LogP contribution in [0.4, 0.5) is 0 Å². The summed E-state index contributed by atoms with van der Waals surface area (Å²) in [5, 5.41) is 4.52. The number of hydrogen-bond donors (Lipinski definition) is 1. The lowest BCUT2D eigenvalue weighted by molar-refractivity contribution is 0.562. The van der Waals surface area contributed by atoms with Gasteiger partial charge in [0.2, 0.25) is 0 Å². The highest BCUT2D eigenvalue weighted by Gasteiger charge is 2.15. The van der Waals surface area contributed by atoms with Gasteiger partial charge in [0.1, 0.15) is 0 Å². The fraction of sp³-hybridized carbons (Fsp3) is 0.529. The summed E-state index contributed by atoms with van der Waals surface area (Å²) in [6.45, 7) is 3.33. The third-order valence-corrected chi connectivity index (χ3v) is 5.00. The van der Waals surface area contributed by atoms with E-state index in [1.54, 1.807) is 5.57 Å². The van der Waals surface area contributed by atoms with Gasteiger partial charge in [-0.3, -0.25) is 0 Å². The third-order valence-electron chi connectivity index (χ3n) is 3.64. The fourth-order valence-electron chi connectivity index (χ4n) is 2.51. The van der Waals surface area contributed by atoms with E-state index in [1.165, 1.54) is 37.0 Å². The molecule has 20 heavy (non-hydrogen) atoms. The van der Waals surface area contributed by atoms with E-state index >= 15 is 0 Å². The molecule has 0 aromatic heterocycles. The largest absolute Gasteiger partial charge is 0.310 e. The molecule has 1 N–H and O–H groups in total. The maximum Gasteiger partial charge on any atom is 0.0406 e. The molecule has 0 amide bonds. The first-order chi connectivity index (χ1) is 9.79. The highest BCUT2D eigenvalue weighted by molar-refractivity contribution is 7.99. The second-order valence-corrected chi connectivity index (χ2v) is 6.83. The Kier molecular flexibility index (Phi) is 6.98. The van der Waals surface area contributed by atoms with E-state index in [1.807, 2.05) is 23.9 Å².